The molecule has 0 saturated carbocycles. The van der Waals surface area contributed by atoms with Crippen LogP contribution in [0.15, 0.2) is 0 Å². The molecule has 1 aromatic heterocycles. The predicted molar refractivity (Wildman–Crippen MR) is 62.6 cm³/mol. The Balaban J connectivity index is 2.73. The molecule has 0 saturated heterocycles. The van der Waals surface area contributed by atoms with E-state index in [0.29, 0.717) is 5.13 Å². The first-order valence-electron chi connectivity index (χ1n) is 4.60. The van der Waals surface area contributed by atoms with Crippen molar-refractivity contribution in [2.45, 2.75) is 38.5 Å². The summed E-state index contributed by atoms with van der Waals surface area (Å²) in [4.78, 5) is 15.5. The van der Waals surface area contributed by atoms with Gasteiger partial charge in [0.25, 0.3) is 0 Å². The number of alkyl halides is 1. The van der Waals surface area contributed by atoms with Crippen LogP contribution < -0.4 is 5.32 Å². The van der Waals surface area contributed by atoms with Gasteiger partial charge in [0.05, 0.1) is 0 Å². The molecule has 0 radical (unpaired) electrons. The van der Waals surface area contributed by atoms with Gasteiger partial charge in [0.1, 0.15) is 11.2 Å². The SMILES string of the molecule is CC(Cl)C(=O)Nc1nc(C(C)(C)C)ns1. The first-order valence-corrected chi connectivity index (χ1v) is 5.81. The van der Waals surface area contributed by atoms with Gasteiger partial charge in [-0.25, -0.2) is 4.98 Å². The molecule has 0 fully saturated rings. The monoisotopic (exact) mass is 247 g/mol. The molecule has 1 unspecified atom stereocenters. The summed E-state index contributed by atoms with van der Waals surface area (Å²) in [5.74, 6) is 0.471. The van der Waals surface area contributed by atoms with Gasteiger partial charge in [-0.3, -0.25) is 10.1 Å². The average molecular weight is 248 g/mol. The lowest BCUT2D eigenvalue weighted by atomic mass is 9.96. The van der Waals surface area contributed by atoms with Crippen molar-refractivity contribution < 1.29 is 4.79 Å². The molecule has 1 atom stereocenters. The molecule has 1 heterocycles. The molecule has 0 aliphatic carbocycles. The Kier molecular flexibility index (Phi) is 3.67. The van der Waals surface area contributed by atoms with E-state index < -0.39 is 5.38 Å². The second-order valence-electron chi connectivity index (χ2n) is 4.28. The minimum atomic E-state index is -0.563. The lowest BCUT2D eigenvalue weighted by Gasteiger charge is -2.12. The van der Waals surface area contributed by atoms with E-state index in [1.807, 2.05) is 20.8 Å². The summed E-state index contributed by atoms with van der Waals surface area (Å²) in [6.07, 6.45) is 0. The largest absolute Gasteiger partial charge is 0.299 e. The van der Waals surface area contributed by atoms with Gasteiger partial charge in [-0.15, -0.1) is 11.6 Å². The number of amides is 1. The van der Waals surface area contributed by atoms with Crippen LogP contribution in [0.4, 0.5) is 5.13 Å². The third kappa shape index (κ3) is 3.43. The third-order valence-corrected chi connectivity index (χ3v) is 2.52. The highest BCUT2D eigenvalue weighted by Gasteiger charge is 2.20. The van der Waals surface area contributed by atoms with E-state index in [1.165, 1.54) is 11.5 Å². The summed E-state index contributed by atoms with van der Waals surface area (Å²) in [5.41, 5.74) is -0.105. The normalized spacial score (nSPS) is 13.7. The summed E-state index contributed by atoms with van der Waals surface area (Å²) in [6.45, 7) is 7.67. The Hall–Kier alpha value is -0.680. The van der Waals surface area contributed by atoms with Gasteiger partial charge >= 0.3 is 0 Å². The van der Waals surface area contributed by atoms with Gasteiger partial charge in [-0.1, -0.05) is 20.8 Å². The highest BCUT2D eigenvalue weighted by Crippen LogP contribution is 2.23. The van der Waals surface area contributed by atoms with Gasteiger partial charge in [0.2, 0.25) is 11.0 Å². The highest BCUT2D eigenvalue weighted by molar-refractivity contribution is 7.09. The van der Waals surface area contributed by atoms with E-state index in [1.54, 1.807) is 6.92 Å². The van der Waals surface area contributed by atoms with Crippen molar-refractivity contribution in [3.05, 3.63) is 5.82 Å². The second kappa shape index (κ2) is 4.45. The topological polar surface area (TPSA) is 54.9 Å². The average Bonchev–Trinajstić information content (AvgIpc) is 2.51. The van der Waals surface area contributed by atoms with Crippen molar-refractivity contribution in [1.82, 2.24) is 9.36 Å². The maximum absolute atomic E-state index is 11.3. The Labute approximate surface area is 98.2 Å². The molecule has 1 aromatic rings. The quantitative estimate of drug-likeness (QED) is 0.817. The van der Waals surface area contributed by atoms with Crippen molar-refractivity contribution in [2.24, 2.45) is 0 Å². The lowest BCUT2D eigenvalue weighted by Crippen LogP contribution is -2.20. The molecule has 84 valence electrons. The minimum absolute atomic E-state index is 0.105. The van der Waals surface area contributed by atoms with E-state index in [9.17, 15) is 4.79 Å². The fraction of sp³-hybridized carbons (Fsp3) is 0.667. The molecule has 0 bridgehead atoms. The van der Waals surface area contributed by atoms with Crippen LogP contribution in [0.1, 0.15) is 33.5 Å². The van der Waals surface area contributed by atoms with Gasteiger partial charge in [-0.2, -0.15) is 4.37 Å². The van der Waals surface area contributed by atoms with Crippen LogP contribution in [0.5, 0.6) is 0 Å². The number of carbonyl (C=O) groups excluding carboxylic acids is 1. The molecule has 4 nitrogen and oxygen atoms in total. The Morgan fingerprint density at radius 3 is 2.53 bits per heavy atom. The standard InChI is InChI=1S/C9H14ClN3OS/c1-5(10)6(14)11-8-12-7(13-15-8)9(2,3)4/h5H,1-4H3,(H,11,12,13,14). The smallest absolute Gasteiger partial charge is 0.243 e. The summed E-state index contributed by atoms with van der Waals surface area (Å²) >= 11 is 6.79. The van der Waals surface area contributed by atoms with Crippen molar-refractivity contribution >= 4 is 34.2 Å². The Morgan fingerprint density at radius 2 is 2.13 bits per heavy atom. The number of hydrogen-bond acceptors (Lipinski definition) is 4. The van der Waals surface area contributed by atoms with Crippen molar-refractivity contribution in [2.75, 3.05) is 5.32 Å². The number of nitrogens with one attached hydrogen (secondary N) is 1. The second-order valence-corrected chi connectivity index (χ2v) is 5.68. The molecule has 1 rings (SSSR count). The zero-order valence-corrected chi connectivity index (χ0v) is 10.7. The third-order valence-electron chi connectivity index (χ3n) is 1.69. The molecule has 6 heteroatoms. The molecule has 0 aliphatic rings. The van der Waals surface area contributed by atoms with Crippen molar-refractivity contribution in [3.8, 4) is 0 Å². The number of hydrogen-bond donors (Lipinski definition) is 1. The summed E-state index contributed by atoms with van der Waals surface area (Å²) < 4.78 is 4.17. The molecule has 15 heavy (non-hydrogen) atoms. The molecule has 1 N–H and O–H groups in total. The minimum Gasteiger partial charge on any atom is -0.299 e. The molecule has 1 amide bonds. The van der Waals surface area contributed by atoms with Crippen LogP contribution >= 0.6 is 23.1 Å². The van der Waals surface area contributed by atoms with Crippen LogP contribution in [0, 0.1) is 0 Å². The van der Waals surface area contributed by atoms with Gasteiger partial charge in [0, 0.05) is 16.9 Å². The molecule has 0 spiro atoms. The van der Waals surface area contributed by atoms with E-state index in [0.717, 1.165) is 5.82 Å². The van der Waals surface area contributed by atoms with Gasteiger partial charge in [-0.05, 0) is 6.92 Å². The van der Waals surface area contributed by atoms with E-state index >= 15 is 0 Å². The number of anilines is 1. The molecule has 0 aliphatic heterocycles. The van der Waals surface area contributed by atoms with Gasteiger partial charge < -0.3 is 0 Å². The number of carbonyl (C=O) groups is 1. The van der Waals surface area contributed by atoms with E-state index in [2.05, 4.69) is 14.7 Å². The zero-order chi connectivity index (χ0) is 11.6. The number of aromatic nitrogens is 2. The van der Waals surface area contributed by atoms with E-state index in [4.69, 9.17) is 11.6 Å². The fourth-order valence-corrected chi connectivity index (χ4v) is 1.60. The number of halogens is 1. The summed E-state index contributed by atoms with van der Waals surface area (Å²) in [6, 6.07) is 0. The predicted octanol–water partition coefficient (Wildman–Crippen LogP) is 2.40. The zero-order valence-electron chi connectivity index (χ0n) is 9.17. The fourth-order valence-electron chi connectivity index (χ4n) is 0.784. The summed E-state index contributed by atoms with van der Waals surface area (Å²) in [7, 11) is 0. The van der Waals surface area contributed by atoms with Crippen molar-refractivity contribution in [3.63, 3.8) is 0 Å². The molecular formula is C9H14ClN3OS. The van der Waals surface area contributed by atoms with E-state index in [-0.39, 0.29) is 11.3 Å². The number of rotatable bonds is 2. The van der Waals surface area contributed by atoms with Gasteiger partial charge in [0.15, 0.2) is 0 Å². The first-order chi connectivity index (χ1) is 6.80. The Bertz CT molecular complexity index is 356. The highest BCUT2D eigenvalue weighted by atomic mass is 35.5. The molecular weight excluding hydrogens is 234 g/mol. The Morgan fingerprint density at radius 1 is 1.53 bits per heavy atom. The maximum atomic E-state index is 11.3. The summed E-state index contributed by atoms with van der Waals surface area (Å²) in [5, 5.41) is 2.54. The lowest BCUT2D eigenvalue weighted by molar-refractivity contribution is -0.115. The van der Waals surface area contributed by atoms with Crippen molar-refractivity contribution in [1.29, 1.82) is 0 Å². The maximum Gasteiger partial charge on any atom is 0.243 e. The number of nitrogens with zero attached hydrogens (tertiary/aromatic N) is 2. The van der Waals surface area contributed by atoms with Crippen LogP contribution in [0.3, 0.4) is 0 Å². The van der Waals surface area contributed by atoms with Crippen LogP contribution in [0.2, 0.25) is 0 Å². The first kappa shape index (κ1) is 12.4. The molecule has 0 aromatic carbocycles. The van der Waals surface area contributed by atoms with Crippen LogP contribution in [0.25, 0.3) is 0 Å². The van der Waals surface area contributed by atoms with Crippen LogP contribution in [-0.2, 0) is 10.2 Å². The van der Waals surface area contributed by atoms with Crippen LogP contribution in [-0.4, -0.2) is 20.6 Å².